The number of aromatic nitrogens is 2. The highest BCUT2D eigenvalue weighted by Crippen LogP contribution is 2.39. The van der Waals surface area contributed by atoms with Crippen LogP contribution in [0.3, 0.4) is 0 Å². The number of nitrogens with one attached hydrogen (secondary N) is 1. The molecule has 1 heterocycles. The zero-order valence-corrected chi connectivity index (χ0v) is 12.0. The predicted octanol–water partition coefficient (Wildman–Crippen LogP) is 2.31. The zero-order valence-electron chi connectivity index (χ0n) is 12.0. The molecule has 1 saturated carbocycles. The van der Waals surface area contributed by atoms with Crippen molar-refractivity contribution in [2.24, 2.45) is 30.6 Å². The van der Waals surface area contributed by atoms with Gasteiger partial charge in [0.25, 0.3) is 0 Å². The summed E-state index contributed by atoms with van der Waals surface area (Å²) in [5.41, 5.74) is 5.29. The van der Waals surface area contributed by atoms with Gasteiger partial charge in [0.2, 0.25) is 0 Å². The van der Waals surface area contributed by atoms with Crippen molar-refractivity contribution in [3.05, 3.63) is 17.5 Å². The van der Waals surface area contributed by atoms with Gasteiger partial charge in [0.05, 0.1) is 17.4 Å². The first kappa shape index (κ1) is 13.6. The maximum absolute atomic E-state index is 5.80. The van der Waals surface area contributed by atoms with E-state index >= 15 is 0 Å². The lowest BCUT2D eigenvalue weighted by atomic mass is 9.73. The average molecular weight is 250 g/mol. The standard InChI is InChI=1S/C14H26N4/c1-9-5-6-12(7-10(9)2)14(16-15)13-8-11(3)17-18(13)4/h8-10,12,14,16H,5-7,15H2,1-4H3. The molecule has 0 spiro atoms. The molecule has 18 heavy (non-hydrogen) atoms. The molecule has 0 saturated heterocycles. The second-order valence-electron chi connectivity index (χ2n) is 6.01. The molecule has 4 atom stereocenters. The Bertz CT molecular complexity index is 398. The van der Waals surface area contributed by atoms with Gasteiger partial charge in [0, 0.05) is 7.05 Å². The molecule has 0 radical (unpaired) electrons. The van der Waals surface area contributed by atoms with E-state index in [1.807, 2.05) is 18.7 Å². The SMILES string of the molecule is Cc1cc(C(NN)C2CCC(C)C(C)C2)n(C)n1. The predicted molar refractivity (Wildman–Crippen MR) is 73.7 cm³/mol. The number of hydrazine groups is 1. The van der Waals surface area contributed by atoms with Gasteiger partial charge < -0.3 is 0 Å². The summed E-state index contributed by atoms with van der Waals surface area (Å²) < 4.78 is 1.96. The fourth-order valence-electron chi connectivity index (χ4n) is 3.28. The molecule has 1 aliphatic carbocycles. The summed E-state index contributed by atoms with van der Waals surface area (Å²) in [5, 5.41) is 4.43. The summed E-state index contributed by atoms with van der Waals surface area (Å²) in [6.45, 7) is 6.75. The Balaban J connectivity index is 2.16. The van der Waals surface area contributed by atoms with Gasteiger partial charge in [0.1, 0.15) is 0 Å². The number of nitrogens with two attached hydrogens (primary N) is 1. The van der Waals surface area contributed by atoms with Crippen LogP contribution in [0.4, 0.5) is 0 Å². The molecule has 4 nitrogen and oxygen atoms in total. The first-order chi connectivity index (χ1) is 8.52. The summed E-state index contributed by atoms with van der Waals surface area (Å²) in [4.78, 5) is 0. The summed E-state index contributed by atoms with van der Waals surface area (Å²) >= 11 is 0. The van der Waals surface area contributed by atoms with Gasteiger partial charge in [-0.1, -0.05) is 20.3 Å². The molecule has 0 aliphatic heterocycles. The molecular formula is C14H26N4. The molecule has 3 N–H and O–H groups in total. The quantitative estimate of drug-likeness (QED) is 0.639. The van der Waals surface area contributed by atoms with Gasteiger partial charge >= 0.3 is 0 Å². The molecule has 2 rings (SSSR count). The van der Waals surface area contributed by atoms with E-state index in [1.54, 1.807) is 0 Å². The normalized spacial score (nSPS) is 30.4. The van der Waals surface area contributed by atoms with Crippen molar-refractivity contribution in [2.75, 3.05) is 0 Å². The second-order valence-corrected chi connectivity index (χ2v) is 6.01. The Labute approximate surface area is 110 Å². The van der Waals surface area contributed by atoms with E-state index in [0.29, 0.717) is 5.92 Å². The van der Waals surface area contributed by atoms with Crippen molar-refractivity contribution in [1.82, 2.24) is 15.2 Å². The fourth-order valence-corrected chi connectivity index (χ4v) is 3.28. The minimum absolute atomic E-state index is 0.228. The molecule has 0 bridgehead atoms. The molecular weight excluding hydrogens is 224 g/mol. The summed E-state index contributed by atoms with van der Waals surface area (Å²) in [7, 11) is 2.00. The van der Waals surface area contributed by atoms with Crippen LogP contribution in [-0.4, -0.2) is 9.78 Å². The van der Waals surface area contributed by atoms with Gasteiger partial charge in [-0.25, -0.2) is 0 Å². The third-order valence-corrected chi connectivity index (χ3v) is 4.65. The van der Waals surface area contributed by atoms with Crippen LogP contribution in [-0.2, 0) is 7.05 Å². The Morgan fingerprint density at radius 3 is 2.61 bits per heavy atom. The largest absolute Gasteiger partial charge is 0.271 e. The molecule has 1 aliphatic rings. The fraction of sp³-hybridized carbons (Fsp3) is 0.786. The van der Waals surface area contributed by atoms with Crippen LogP contribution in [0, 0.1) is 24.7 Å². The van der Waals surface area contributed by atoms with Gasteiger partial charge in [-0.2, -0.15) is 5.10 Å². The van der Waals surface area contributed by atoms with Crippen molar-refractivity contribution < 1.29 is 0 Å². The molecule has 0 amide bonds. The highest BCUT2D eigenvalue weighted by Gasteiger charge is 2.31. The first-order valence-electron chi connectivity index (χ1n) is 6.99. The van der Waals surface area contributed by atoms with Crippen LogP contribution in [0.25, 0.3) is 0 Å². The zero-order chi connectivity index (χ0) is 13.3. The minimum atomic E-state index is 0.228. The van der Waals surface area contributed by atoms with E-state index in [2.05, 4.69) is 30.4 Å². The number of nitrogens with zero attached hydrogens (tertiary/aromatic N) is 2. The Hall–Kier alpha value is -0.870. The monoisotopic (exact) mass is 250 g/mol. The van der Waals surface area contributed by atoms with E-state index < -0.39 is 0 Å². The number of hydrogen-bond donors (Lipinski definition) is 2. The van der Waals surface area contributed by atoms with Crippen LogP contribution in [0.15, 0.2) is 6.07 Å². The Kier molecular flexibility index (Phi) is 4.07. The van der Waals surface area contributed by atoms with Gasteiger partial charge in [-0.15, -0.1) is 0 Å². The van der Waals surface area contributed by atoms with Crippen LogP contribution in [0.5, 0.6) is 0 Å². The Morgan fingerprint density at radius 2 is 2.11 bits per heavy atom. The summed E-state index contributed by atoms with van der Waals surface area (Å²) in [6, 6.07) is 2.37. The molecule has 1 fully saturated rings. The molecule has 1 aromatic heterocycles. The van der Waals surface area contributed by atoms with Crippen LogP contribution < -0.4 is 11.3 Å². The lowest BCUT2D eigenvalue weighted by Gasteiger charge is -2.36. The van der Waals surface area contributed by atoms with E-state index in [9.17, 15) is 0 Å². The minimum Gasteiger partial charge on any atom is -0.271 e. The molecule has 102 valence electrons. The van der Waals surface area contributed by atoms with Crippen molar-refractivity contribution in [1.29, 1.82) is 0 Å². The molecule has 0 aromatic carbocycles. The highest BCUT2D eigenvalue weighted by atomic mass is 15.3. The molecule has 4 heteroatoms. The van der Waals surface area contributed by atoms with Crippen LogP contribution in [0.1, 0.15) is 50.5 Å². The van der Waals surface area contributed by atoms with E-state index in [-0.39, 0.29) is 6.04 Å². The average Bonchev–Trinajstić information content (AvgIpc) is 2.64. The van der Waals surface area contributed by atoms with Crippen molar-refractivity contribution >= 4 is 0 Å². The van der Waals surface area contributed by atoms with E-state index in [4.69, 9.17) is 5.84 Å². The molecule has 4 unspecified atom stereocenters. The smallest absolute Gasteiger partial charge is 0.0657 e. The second kappa shape index (κ2) is 5.41. The highest BCUT2D eigenvalue weighted by molar-refractivity contribution is 5.14. The first-order valence-corrected chi connectivity index (χ1v) is 6.99. The number of rotatable bonds is 3. The van der Waals surface area contributed by atoms with Gasteiger partial charge in [0.15, 0.2) is 0 Å². The third-order valence-electron chi connectivity index (χ3n) is 4.65. The van der Waals surface area contributed by atoms with Gasteiger partial charge in [-0.3, -0.25) is 16.0 Å². The summed E-state index contributed by atoms with van der Waals surface area (Å²) in [6.07, 6.45) is 3.81. The maximum atomic E-state index is 5.80. The third kappa shape index (κ3) is 2.59. The van der Waals surface area contributed by atoms with Crippen molar-refractivity contribution in [3.8, 4) is 0 Å². The van der Waals surface area contributed by atoms with Crippen molar-refractivity contribution in [3.63, 3.8) is 0 Å². The summed E-state index contributed by atoms with van der Waals surface area (Å²) in [5.74, 6) is 8.05. The number of hydrogen-bond acceptors (Lipinski definition) is 3. The van der Waals surface area contributed by atoms with E-state index in [1.165, 1.54) is 25.0 Å². The maximum Gasteiger partial charge on any atom is 0.0657 e. The topological polar surface area (TPSA) is 55.9 Å². The Morgan fingerprint density at radius 1 is 1.39 bits per heavy atom. The van der Waals surface area contributed by atoms with Gasteiger partial charge in [-0.05, 0) is 43.6 Å². The van der Waals surface area contributed by atoms with Crippen LogP contribution in [0.2, 0.25) is 0 Å². The molecule has 1 aromatic rings. The number of aryl methyl sites for hydroxylation is 2. The lowest BCUT2D eigenvalue weighted by Crippen LogP contribution is -2.37. The van der Waals surface area contributed by atoms with Crippen molar-refractivity contribution in [2.45, 2.75) is 46.1 Å². The lowest BCUT2D eigenvalue weighted by molar-refractivity contribution is 0.168. The van der Waals surface area contributed by atoms with Crippen LogP contribution >= 0.6 is 0 Å². The van der Waals surface area contributed by atoms with E-state index in [0.717, 1.165) is 17.5 Å².